The van der Waals surface area contributed by atoms with Gasteiger partial charge in [-0.1, -0.05) is 44.2 Å². The molecule has 2 aromatic carbocycles. The number of carbonyl (C=O) groups is 1. The van der Waals surface area contributed by atoms with Gasteiger partial charge >= 0.3 is 6.18 Å². The number of hydrogen-bond acceptors (Lipinski definition) is 5. The molecule has 2 aromatic heterocycles. The van der Waals surface area contributed by atoms with Crippen molar-refractivity contribution in [3.8, 4) is 22.3 Å². The average Bonchev–Trinajstić information content (AvgIpc) is 3.41. The third-order valence-electron chi connectivity index (χ3n) is 6.30. The van der Waals surface area contributed by atoms with Crippen LogP contribution in [-0.2, 0) is 24.0 Å². The molecule has 1 amide bonds. The first-order chi connectivity index (χ1) is 18.8. The van der Waals surface area contributed by atoms with Crippen LogP contribution in [0.25, 0.3) is 22.3 Å². The van der Waals surface area contributed by atoms with Gasteiger partial charge < -0.3 is 15.8 Å². The number of carbonyl (C=O) groups excluding carboxylic acids is 1. The summed E-state index contributed by atoms with van der Waals surface area (Å²) in [6.45, 7) is 5.64. The summed E-state index contributed by atoms with van der Waals surface area (Å²) in [5, 5.41) is 7.23. The van der Waals surface area contributed by atoms with Gasteiger partial charge in [0.2, 0.25) is 0 Å². The van der Waals surface area contributed by atoms with Crippen molar-refractivity contribution in [2.45, 2.75) is 39.2 Å². The second kappa shape index (κ2) is 12.2. The van der Waals surface area contributed by atoms with Crippen LogP contribution in [0.3, 0.4) is 0 Å². The topological polar surface area (TPSA) is 95.1 Å². The van der Waals surface area contributed by atoms with Crippen molar-refractivity contribution in [1.82, 2.24) is 20.1 Å². The van der Waals surface area contributed by atoms with E-state index in [4.69, 9.17) is 10.5 Å². The molecular weight excluding hydrogens is 507 g/mol. The van der Waals surface area contributed by atoms with Gasteiger partial charge in [0.05, 0.1) is 36.6 Å². The molecule has 3 heterocycles. The maximum Gasteiger partial charge on any atom is 0.416 e. The number of hydrogen-bond donors (Lipinski definition) is 2. The minimum atomic E-state index is -4.44. The predicted octanol–water partition coefficient (Wildman–Crippen LogP) is 5.62. The van der Waals surface area contributed by atoms with Crippen LogP contribution < -0.4 is 11.1 Å². The first kappa shape index (κ1) is 28.0. The number of pyridine rings is 1. The minimum Gasteiger partial charge on any atom is -0.377 e. The van der Waals surface area contributed by atoms with Crippen LogP contribution in [0.2, 0.25) is 0 Å². The zero-order chi connectivity index (χ0) is 28.0. The Morgan fingerprint density at radius 3 is 2.41 bits per heavy atom. The fourth-order valence-electron chi connectivity index (χ4n) is 4.07. The van der Waals surface area contributed by atoms with Crippen molar-refractivity contribution < 1.29 is 22.7 Å². The SMILES string of the molecule is CC.NCc1ccc(C(F)(F)F)cc1-c1ccc(CNC(=O)c2cncc(-c3cnn(C4COC4)c3)c2)cc1. The summed E-state index contributed by atoms with van der Waals surface area (Å²) in [4.78, 5) is 17.0. The van der Waals surface area contributed by atoms with Gasteiger partial charge in [0.15, 0.2) is 0 Å². The van der Waals surface area contributed by atoms with Crippen LogP contribution in [0, 0.1) is 0 Å². The summed E-state index contributed by atoms with van der Waals surface area (Å²) in [6.07, 6.45) is 2.38. The molecule has 204 valence electrons. The molecule has 0 radical (unpaired) electrons. The number of alkyl halides is 3. The average molecular weight is 538 g/mol. The van der Waals surface area contributed by atoms with E-state index in [9.17, 15) is 18.0 Å². The largest absolute Gasteiger partial charge is 0.416 e. The third kappa shape index (κ3) is 6.52. The van der Waals surface area contributed by atoms with Crippen LogP contribution in [-0.4, -0.2) is 33.9 Å². The third-order valence-corrected chi connectivity index (χ3v) is 6.30. The summed E-state index contributed by atoms with van der Waals surface area (Å²) < 4.78 is 46.6. The first-order valence-electron chi connectivity index (χ1n) is 12.7. The van der Waals surface area contributed by atoms with Crippen LogP contribution >= 0.6 is 0 Å². The van der Waals surface area contributed by atoms with Gasteiger partial charge in [0, 0.05) is 42.8 Å². The second-order valence-electron chi connectivity index (χ2n) is 8.82. The van der Waals surface area contributed by atoms with E-state index in [-0.39, 0.29) is 25.0 Å². The van der Waals surface area contributed by atoms with Gasteiger partial charge in [-0.05, 0) is 40.5 Å². The van der Waals surface area contributed by atoms with E-state index in [2.05, 4.69) is 15.4 Å². The number of nitrogens with two attached hydrogens (primary N) is 1. The zero-order valence-electron chi connectivity index (χ0n) is 21.7. The lowest BCUT2D eigenvalue weighted by Gasteiger charge is -2.25. The highest BCUT2D eigenvalue weighted by Gasteiger charge is 2.31. The molecule has 3 N–H and O–H groups in total. The van der Waals surface area contributed by atoms with E-state index in [0.29, 0.717) is 35.5 Å². The van der Waals surface area contributed by atoms with Crippen LogP contribution in [0.5, 0.6) is 0 Å². The number of aromatic nitrogens is 3. The number of nitrogens with one attached hydrogen (secondary N) is 1. The summed E-state index contributed by atoms with van der Waals surface area (Å²) in [5.74, 6) is -0.290. The van der Waals surface area contributed by atoms with Crippen molar-refractivity contribution in [3.63, 3.8) is 0 Å². The maximum absolute atomic E-state index is 13.2. The lowest BCUT2D eigenvalue weighted by Crippen LogP contribution is -2.30. The molecule has 39 heavy (non-hydrogen) atoms. The summed E-state index contributed by atoms with van der Waals surface area (Å²) in [6, 6.07) is 12.5. The molecular formula is C29H30F3N5O2. The monoisotopic (exact) mass is 537 g/mol. The van der Waals surface area contributed by atoms with Crippen molar-refractivity contribution in [3.05, 3.63) is 95.6 Å². The quantitative estimate of drug-likeness (QED) is 0.319. The van der Waals surface area contributed by atoms with Crippen LogP contribution in [0.15, 0.2) is 73.3 Å². The Morgan fingerprint density at radius 1 is 1.03 bits per heavy atom. The standard InChI is InChI=1S/C27H24F3N5O2.C2H6/c28-27(29,30)23-6-5-19(9-31)25(8-23)18-3-1-17(2-4-18)10-33-26(36)21-7-20(11-32-12-21)22-13-34-35(14-22)24-15-37-16-24;1-2/h1-8,11-14,24H,9-10,15-16,31H2,(H,33,36);1-2H3. The molecule has 1 saturated heterocycles. The Bertz CT molecular complexity index is 1410. The fraction of sp³-hybridized carbons (Fsp3) is 0.276. The lowest BCUT2D eigenvalue weighted by molar-refractivity contribution is -0.137. The molecule has 0 aliphatic carbocycles. The predicted molar refractivity (Wildman–Crippen MR) is 143 cm³/mol. The number of ether oxygens (including phenoxy) is 1. The molecule has 1 aliphatic heterocycles. The van der Waals surface area contributed by atoms with Gasteiger partial charge in [-0.2, -0.15) is 18.3 Å². The van der Waals surface area contributed by atoms with E-state index in [1.165, 1.54) is 12.3 Å². The second-order valence-corrected chi connectivity index (χ2v) is 8.82. The maximum atomic E-state index is 13.2. The van der Waals surface area contributed by atoms with Crippen molar-refractivity contribution in [2.24, 2.45) is 5.73 Å². The molecule has 1 fully saturated rings. The number of nitrogens with zero attached hydrogens (tertiary/aromatic N) is 3. The Kier molecular flexibility index (Phi) is 8.78. The highest BCUT2D eigenvalue weighted by atomic mass is 19.4. The molecule has 10 heteroatoms. The summed E-state index contributed by atoms with van der Waals surface area (Å²) in [7, 11) is 0. The van der Waals surface area contributed by atoms with Gasteiger partial charge in [-0.25, -0.2) is 0 Å². The zero-order valence-corrected chi connectivity index (χ0v) is 21.7. The van der Waals surface area contributed by atoms with E-state index >= 15 is 0 Å². The van der Waals surface area contributed by atoms with Crippen LogP contribution in [0.4, 0.5) is 13.2 Å². The Labute approximate surface area is 224 Å². The van der Waals surface area contributed by atoms with Gasteiger partial charge in [-0.3, -0.25) is 14.5 Å². The van der Waals surface area contributed by atoms with Gasteiger partial charge in [0.1, 0.15) is 0 Å². The van der Waals surface area contributed by atoms with Gasteiger partial charge in [0.25, 0.3) is 5.91 Å². The summed E-state index contributed by atoms with van der Waals surface area (Å²) >= 11 is 0. The number of halogens is 3. The molecule has 0 spiro atoms. The smallest absolute Gasteiger partial charge is 0.377 e. The summed E-state index contributed by atoms with van der Waals surface area (Å²) in [5.41, 5.74) is 9.53. The molecule has 1 aliphatic rings. The molecule has 5 rings (SSSR count). The molecule has 0 saturated carbocycles. The van der Waals surface area contributed by atoms with E-state index < -0.39 is 11.7 Å². The van der Waals surface area contributed by atoms with E-state index in [1.807, 2.05) is 24.7 Å². The highest BCUT2D eigenvalue weighted by Crippen LogP contribution is 2.34. The number of rotatable bonds is 7. The Hall–Kier alpha value is -4.02. The number of benzene rings is 2. The molecule has 0 atom stereocenters. The normalized spacial score (nSPS) is 13.3. The first-order valence-corrected chi connectivity index (χ1v) is 12.7. The van der Waals surface area contributed by atoms with E-state index in [1.54, 1.807) is 42.7 Å². The molecule has 4 aromatic rings. The molecule has 7 nitrogen and oxygen atoms in total. The Balaban J connectivity index is 0.00000172. The van der Waals surface area contributed by atoms with Crippen molar-refractivity contribution >= 4 is 5.91 Å². The van der Waals surface area contributed by atoms with Crippen molar-refractivity contribution in [2.75, 3.05) is 13.2 Å². The molecule has 0 bridgehead atoms. The van der Waals surface area contributed by atoms with Crippen LogP contribution in [0.1, 0.15) is 46.9 Å². The highest BCUT2D eigenvalue weighted by molar-refractivity contribution is 5.95. The van der Waals surface area contributed by atoms with E-state index in [0.717, 1.165) is 28.8 Å². The lowest BCUT2D eigenvalue weighted by atomic mass is 9.96. The van der Waals surface area contributed by atoms with Crippen molar-refractivity contribution in [1.29, 1.82) is 0 Å². The number of amides is 1. The minimum absolute atomic E-state index is 0.119. The Morgan fingerprint density at radius 2 is 1.77 bits per heavy atom. The molecule has 0 unspecified atom stereocenters. The fourth-order valence-corrected chi connectivity index (χ4v) is 4.07. The van der Waals surface area contributed by atoms with Gasteiger partial charge in [-0.15, -0.1) is 0 Å².